The fourth-order valence-corrected chi connectivity index (χ4v) is 2.30. The van der Waals surface area contributed by atoms with Gasteiger partial charge in [-0.2, -0.15) is 0 Å². The number of esters is 1. The summed E-state index contributed by atoms with van der Waals surface area (Å²) < 4.78 is 5.06. The van der Waals surface area contributed by atoms with Crippen LogP contribution in [0, 0.1) is 0 Å². The molecule has 5 nitrogen and oxygen atoms in total. The van der Waals surface area contributed by atoms with Gasteiger partial charge in [0.25, 0.3) is 5.91 Å². The predicted octanol–water partition coefficient (Wildman–Crippen LogP) is 2.92. The Morgan fingerprint density at radius 2 is 1.84 bits per heavy atom. The minimum absolute atomic E-state index is 0.300. The number of nitrogens with zero attached hydrogens (tertiary/aromatic N) is 1. The summed E-state index contributed by atoms with van der Waals surface area (Å²) >= 11 is 5.82. The van der Waals surface area contributed by atoms with Gasteiger partial charge in [-0.25, -0.2) is 4.79 Å². The molecule has 0 aliphatic rings. The second-order valence-corrected chi connectivity index (χ2v) is 6.18. The van der Waals surface area contributed by atoms with Gasteiger partial charge in [0.2, 0.25) is 0 Å². The molecule has 1 N–H and O–H groups in total. The second kappa shape index (κ2) is 9.08. The summed E-state index contributed by atoms with van der Waals surface area (Å²) in [5, 5.41) is 3.40. The molecule has 0 saturated heterocycles. The Morgan fingerprint density at radius 1 is 1.12 bits per heavy atom. The number of benzene rings is 2. The summed E-state index contributed by atoms with van der Waals surface area (Å²) in [5.74, 6) is -0.845. The monoisotopic (exact) mass is 360 g/mol. The summed E-state index contributed by atoms with van der Waals surface area (Å²) in [5.41, 5.74) is 2.38. The van der Waals surface area contributed by atoms with E-state index in [1.807, 2.05) is 49.3 Å². The van der Waals surface area contributed by atoms with Gasteiger partial charge in [-0.05, 0) is 42.3 Å². The second-order valence-electron chi connectivity index (χ2n) is 5.75. The van der Waals surface area contributed by atoms with E-state index in [2.05, 4.69) is 5.32 Å². The number of rotatable bonds is 7. The van der Waals surface area contributed by atoms with Crippen molar-refractivity contribution in [1.29, 1.82) is 0 Å². The van der Waals surface area contributed by atoms with Gasteiger partial charge in [0.15, 0.2) is 6.61 Å². The van der Waals surface area contributed by atoms with E-state index in [0.717, 1.165) is 11.3 Å². The summed E-state index contributed by atoms with van der Waals surface area (Å²) in [7, 11) is 3.77. The van der Waals surface area contributed by atoms with E-state index < -0.39 is 5.97 Å². The van der Waals surface area contributed by atoms with Gasteiger partial charge >= 0.3 is 5.97 Å². The van der Waals surface area contributed by atoms with Gasteiger partial charge in [0.1, 0.15) is 0 Å². The highest BCUT2D eigenvalue weighted by Gasteiger charge is 2.11. The van der Waals surface area contributed by atoms with E-state index in [1.165, 1.54) is 0 Å². The average Bonchev–Trinajstić information content (AvgIpc) is 2.61. The molecule has 0 fully saturated rings. The molecule has 0 spiro atoms. The van der Waals surface area contributed by atoms with Crippen LogP contribution in [0.5, 0.6) is 0 Å². The molecule has 2 aromatic carbocycles. The molecule has 6 heteroatoms. The maximum absolute atomic E-state index is 12.0. The first kappa shape index (κ1) is 18.8. The first-order valence-electron chi connectivity index (χ1n) is 7.91. The van der Waals surface area contributed by atoms with Crippen LogP contribution in [0.15, 0.2) is 48.5 Å². The lowest BCUT2D eigenvalue weighted by molar-refractivity contribution is -0.124. The Hall–Kier alpha value is -2.53. The van der Waals surface area contributed by atoms with Crippen LogP contribution >= 0.6 is 11.6 Å². The molecular weight excluding hydrogens is 340 g/mol. The van der Waals surface area contributed by atoms with Crippen molar-refractivity contribution in [3.05, 3.63) is 64.7 Å². The van der Waals surface area contributed by atoms with Crippen LogP contribution in [-0.4, -0.2) is 39.1 Å². The first-order chi connectivity index (χ1) is 12.0. The number of nitrogens with one attached hydrogen (secondary N) is 1. The topological polar surface area (TPSA) is 58.6 Å². The van der Waals surface area contributed by atoms with Crippen LogP contribution in [0.25, 0.3) is 0 Å². The van der Waals surface area contributed by atoms with Crippen molar-refractivity contribution >= 4 is 29.2 Å². The fraction of sp³-hybridized carbons (Fsp3) is 0.263. The third-order valence-corrected chi connectivity index (χ3v) is 3.83. The summed E-state index contributed by atoms with van der Waals surface area (Å²) in [6.45, 7) is 0.166. The van der Waals surface area contributed by atoms with Crippen LogP contribution in [0.4, 0.5) is 5.69 Å². The molecule has 25 heavy (non-hydrogen) atoms. The molecule has 2 rings (SSSR count). The molecule has 0 heterocycles. The molecule has 2 aromatic rings. The summed E-state index contributed by atoms with van der Waals surface area (Å²) in [4.78, 5) is 25.7. The van der Waals surface area contributed by atoms with Crippen LogP contribution < -0.4 is 10.2 Å². The largest absolute Gasteiger partial charge is 0.452 e. The molecule has 0 aliphatic carbocycles. The first-order valence-corrected chi connectivity index (χ1v) is 8.29. The van der Waals surface area contributed by atoms with Crippen LogP contribution in [0.1, 0.15) is 15.9 Å². The van der Waals surface area contributed by atoms with E-state index in [-0.39, 0.29) is 12.5 Å². The number of anilines is 1. The van der Waals surface area contributed by atoms with Gasteiger partial charge in [0.05, 0.1) is 5.56 Å². The zero-order chi connectivity index (χ0) is 18.2. The van der Waals surface area contributed by atoms with E-state index in [0.29, 0.717) is 23.6 Å². The Kier molecular flexibility index (Phi) is 6.83. The molecule has 0 aliphatic heterocycles. The van der Waals surface area contributed by atoms with Crippen molar-refractivity contribution in [2.45, 2.75) is 6.42 Å². The van der Waals surface area contributed by atoms with Crippen LogP contribution in [0.3, 0.4) is 0 Å². The lowest BCUT2D eigenvalue weighted by Gasteiger charge is -2.13. The minimum atomic E-state index is -0.517. The molecule has 0 unspecified atom stereocenters. The van der Waals surface area contributed by atoms with Crippen LogP contribution in [0.2, 0.25) is 5.02 Å². The average molecular weight is 361 g/mol. The van der Waals surface area contributed by atoms with Gasteiger partial charge in [-0.1, -0.05) is 29.8 Å². The summed E-state index contributed by atoms with van der Waals surface area (Å²) in [6.07, 6.45) is 0.682. The molecule has 0 saturated carbocycles. The van der Waals surface area contributed by atoms with Gasteiger partial charge in [-0.15, -0.1) is 0 Å². The SMILES string of the molecule is CN(C)c1cccc(C(=O)OCC(=O)NCCc2ccc(Cl)cc2)c1. The molecule has 0 atom stereocenters. The van der Waals surface area contributed by atoms with E-state index in [9.17, 15) is 9.59 Å². The zero-order valence-electron chi connectivity index (χ0n) is 14.3. The van der Waals surface area contributed by atoms with Gasteiger partial charge in [0, 0.05) is 31.4 Å². The number of carbonyl (C=O) groups excluding carboxylic acids is 2. The lowest BCUT2D eigenvalue weighted by atomic mass is 10.1. The van der Waals surface area contributed by atoms with Crippen molar-refractivity contribution in [3.63, 3.8) is 0 Å². The van der Waals surface area contributed by atoms with E-state index in [4.69, 9.17) is 16.3 Å². The minimum Gasteiger partial charge on any atom is -0.452 e. The Balaban J connectivity index is 1.74. The third-order valence-electron chi connectivity index (χ3n) is 3.58. The van der Waals surface area contributed by atoms with Crippen molar-refractivity contribution in [1.82, 2.24) is 5.32 Å². The Morgan fingerprint density at radius 3 is 2.52 bits per heavy atom. The highest BCUT2D eigenvalue weighted by atomic mass is 35.5. The number of ether oxygens (including phenoxy) is 1. The molecular formula is C19H21ClN2O3. The van der Waals surface area contributed by atoms with Gasteiger partial charge in [-0.3, -0.25) is 4.79 Å². The number of carbonyl (C=O) groups is 2. The van der Waals surface area contributed by atoms with Crippen molar-refractivity contribution in [2.75, 3.05) is 32.1 Å². The van der Waals surface area contributed by atoms with Crippen LogP contribution in [-0.2, 0) is 16.0 Å². The molecule has 0 aromatic heterocycles. The molecule has 1 amide bonds. The number of amides is 1. The molecule has 0 bridgehead atoms. The Labute approximate surface area is 152 Å². The number of hydrogen-bond acceptors (Lipinski definition) is 4. The maximum Gasteiger partial charge on any atom is 0.338 e. The quantitative estimate of drug-likeness (QED) is 0.771. The lowest BCUT2D eigenvalue weighted by Crippen LogP contribution is -2.30. The normalized spacial score (nSPS) is 10.2. The highest BCUT2D eigenvalue weighted by molar-refractivity contribution is 6.30. The van der Waals surface area contributed by atoms with E-state index >= 15 is 0 Å². The third kappa shape index (κ3) is 6.12. The number of hydrogen-bond donors (Lipinski definition) is 1. The standard InChI is InChI=1S/C19H21ClN2O3/c1-22(2)17-5-3-4-15(12-17)19(24)25-13-18(23)21-11-10-14-6-8-16(20)9-7-14/h3-9,12H,10-11,13H2,1-2H3,(H,21,23). The molecule has 132 valence electrons. The smallest absolute Gasteiger partial charge is 0.338 e. The fourth-order valence-electron chi connectivity index (χ4n) is 2.17. The summed E-state index contributed by atoms with van der Waals surface area (Å²) in [6, 6.07) is 14.5. The van der Waals surface area contributed by atoms with Gasteiger partial charge < -0.3 is 15.0 Å². The number of halogens is 1. The maximum atomic E-state index is 12.0. The van der Waals surface area contributed by atoms with Crippen molar-refractivity contribution < 1.29 is 14.3 Å². The van der Waals surface area contributed by atoms with Crippen molar-refractivity contribution in [2.24, 2.45) is 0 Å². The predicted molar refractivity (Wildman–Crippen MR) is 99.2 cm³/mol. The van der Waals surface area contributed by atoms with E-state index in [1.54, 1.807) is 18.2 Å². The zero-order valence-corrected chi connectivity index (χ0v) is 15.0. The van der Waals surface area contributed by atoms with Crippen molar-refractivity contribution in [3.8, 4) is 0 Å². The Bertz CT molecular complexity index is 730. The highest BCUT2D eigenvalue weighted by Crippen LogP contribution is 2.14. The molecule has 0 radical (unpaired) electrons.